The van der Waals surface area contributed by atoms with Gasteiger partial charge in [0, 0.05) is 11.9 Å². The summed E-state index contributed by atoms with van der Waals surface area (Å²) in [7, 11) is 1.87. The first-order chi connectivity index (χ1) is 9.47. The summed E-state index contributed by atoms with van der Waals surface area (Å²) in [6.45, 7) is 2.73. The molecule has 6 nitrogen and oxygen atoms in total. The van der Waals surface area contributed by atoms with Gasteiger partial charge in [-0.2, -0.15) is 0 Å². The third kappa shape index (κ3) is 6.96. The molecule has 0 aliphatic carbocycles. The van der Waals surface area contributed by atoms with Gasteiger partial charge in [0.15, 0.2) is 6.54 Å². The molecule has 7 heteroatoms. The summed E-state index contributed by atoms with van der Waals surface area (Å²) in [5.74, 6) is 0.191. The van der Waals surface area contributed by atoms with Crippen LogP contribution in [0.3, 0.4) is 0 Å². The largest absolute Gasteiger partial charge is 0.488 e. The van der Waals surface area contributed by atoms with Gasteiger partial charge in [0.1, 0.15) is 18.9 Å². The Labute approximate surface area is 123 Å². The highest BCUT2D eigenvalue weighted by Crippen LogP contribution is 2.14. The molecule has 0 aliphatic heterocycles. The lowest BCUT2D eigenvalue weighted by Crippen LogP contribution is -3.11. The molecule has 2 amide bonds. The number of benzene rings is 1. The first-order valence-corrected chi connectivity index (χ1v) is 6.60. The van der Waals surface area contributed by atoms with E-state index in [1.54, 1.807) is 24.3 Å². The predicted molar refractivity (Wildman–Crippen MR) is 75.5 cm³/mol. The van der Waals surface area contributed by atoms with Gasteiger partial charge in [-0.05, 0) is 24.3 Å². The third-order valence-electron chi connectivity index (χ3n) is 2.45. The van der Waals surface area contributed by atoms with Crippen molar-refractivity contribution in [1.82, 2.24) is 10.9 Å². The van der Waals surface area contributed by atoms with Crippen LogP contribution in [0.1, 0.15) is 6.92 Å². The number of quaternary nitrogens is 1. The number of ether oxygens (including phenoxy) is 1. The summed E-state index contributed by atoms with van der Waals surface area (Å²) >= 11 is 5.77. The van der Waals surface area contributed by atoms with Gasteiger partial charge in [-0.25, -0.2) is 0 Å². The van der Waals surface area contributed by atoms with E-state index in [1.807, 2.05) is 7.05 Å². The number of carbonyl (C=O) groups is 2. The number of rotatable bonds is 6. The van der Waals surface area contributed by atoms with Gasteiger partial charge in [-0.3, -0.25) is 20.4 Å². The normalized spacial score (nSPS) is 11.6. The average Bonchev–Trinajstić information content (AvgIpc) is 2.38. The SMILES string of the molecule is CC(=O)NNC(=O)C[NH+](C)CCOc1ccc(Cl)cc1. The van der Waals surface area contributed by atoms with E-state index < -0.39 is 0 Å². The first kappa shape index (κ1) is 16.3. The van der Waals surface area contributed by atoms with Crippen LogP contribution in [0.25, 0.3) is 0 Å². The van der Waals surface area contributed by atoms with Crippen molar-refractivity contribution < 1.29 is 19.2 Å². The van der Waals surface area contributed by atoms with Crippen LogP contribution in [-0.2, 0) is 9.59 Å². The zero-order valence-electron chi connectivity index (χ0n) is 11.5. The summed E-state index contributed by atoms with van der Waals surface area (Å²) < 4.78 is 5.53. The number of hydrazine groups is 1. The van der Waals surface area contributed by atoms with Gasteiger partial charge >= 0.3 is 0 Å². The van der Waals surface area contributed by atoms with E-state index >= 15 is 0 Å². The van der Waals surface area contributed by atoms with Gasteiger partial charge in [0.25, 0.3) is 5.91 Å². The molecular weight excluding hydrogens is 282 g/mol. The standard InChI is InChI=1S/C13H18ClN3O3/c1-10(18)15-16-13(19)9-17(2)7-8-20-12-5-3-11(14)4-6-12/h3-6H,7-9H2,1-2H3,(H,15,18)(H,16,19)/p+1. The van der Waals surface area contributed by atoms with E-state index in [9.17, 15) is 9.59 Å². The minimum Gasteiger partial charge on any atom is -0.488 e. The summed E-state index contributed by atoms with van der Waals surface area (Å²) in [5, 5.41) is 0.662. The summed E-state index contributed by atoms with van der Waals surface area (Å²) in [6.07, 6.45) is 0. The van der Waals surface area contributed by atoms with E-state index in [0.29, 0.717) is 18.2 Å². The molecular formula is C13H19ClN3O3+. The zero-order chi connectivity index (χ0) is 15.0. The molecule has 0 heterocycles. The molecule has 0 saturated heterocycles. The van der Waals surface area contributed by atoms with Crippen LogP contribution in [0.4, 0.5) is 0 Å². The Morgan fingerprint density at radius 1 is 1.25 bits per heavy atom. The van der Waals surface area contributed by atoms with E-state index in [4.69, 9.17) is 16.3 Å². The van der Waals surface area contributed by atoms with Gasteiger partial charge < -0.3 is 9.64 Å². The Morgan fingerprint density at radius 3 is 2.50 bits per heavy atom. The van der Waals surface area contributed by atoms with Crippen LogP contribution < -0.4 is 20.5 Å². The van der Waals surface area contributed by atoms with Crippen molar-refractivity contribution in [3.05, 3.63) is 29.3 Å². The lowest BCUT2D eigenvalue weighted by molar-refractivity contribution is -0.871. The van der Waals surface area contributed by atoms with Crippen LogP contribution in [-0.4, -0.2) is 38.6 Å². The summed E-state index contributed by atoms with van der Waals surface area (Å²) in [4.78, 5) is 23.0. The molecule has 1 rings (SSSR count). The number of halogens is 1. The van der Waals surface area contributed by atoms with E-state index in [1.165, 1.54) is 6.92 Å². The molecule has 0 fully saturated rings. The number of carbonyl (C=O) groups excluding carboxylic acids is 2. The number of nitrogens with one attached hydrogen (secondary N) is 3. The second-order valence-corrected chi connectivity index (χ2v) is 4.85. The molecule has 0 aromatic heterocycles. The van der Waals surface area contributed by atoms with Crippen molar-refractivity contribution in [3.8, 4) is 5.75 Å². The minimum absolute atomic E-state index is 0.246. The number of hydrogen-bond acceptors (Lipinski definition) is 3. The Bertz CT molecular complexity index is 451. The van der Waals surface area contributed by atoms with Crippen molar-refractivity contribution in [3.63, 3.8) is 0 Å². The van der Waals surface area contributed by atoms with Gasteiger partial charge in [-0.15, -0.1) is 0 Å². The van der Waals surface area contributed by atoms with Crippen molar-refractivity contribution in [2.75, 3.05) is 26.7 Å². The van der Waals surface area contributed by atoms with Crippen molar-refractivity contribution >= 4 is 23.4 Å². The number of amides is 2. The average molecular weight is 301 g/mol. The summed E-state index contributed by atoms with van der Waals surface area (Å²) in [6, 6.07) is 7.10. The maximum absolute atomic E-state index is 11.4. The van der Waals surface area contributed by atoms with Crippen LogP contribution >= 0.6 is 11.6 Å². The summed E-state index contributed by atoms with van der Waals surface area (Å²) in [5.41, 5.74) is 4.55. The maximum Gasteiger partial charge on any atom is 0.293 e. The van der Waals surface area contributed by atoms with Gasteiger partial charge in [0.05, 0.1) is 7.05 Å². The highest BCUT2D eigenvalue weighted by atomic mass is 35.5. The van der Waals surface area contributed by atoms with Crippen molar-refractivity contribution in [1.29, 1.82) is 0 Å². The molecule has 0 radical (unpaired) electrons. The predicted octanol–water partition coefficient (Wildman–Crippen LogP) is -0.599. The molecule has 0 aliphatic rings. The second kappa shape index (κ2) is 8.39. The first-order valence-electron chi connectivity index (χ1n) is 6.22. The molecule has 1 unspecified atom stereocenters. The van der Waals surface area contributed by atoms with Crippen molar-refractivity contribution in [2.45, 2.75) is 6.92 Å². The van der Waals surface area contributed by atoms with Gasteiger partial charge in [-0.1, -0.05) is 11.6 Å². The van der Waals surface area contributed by atoms with Crippen molar-refractivity contribution in [2.24, 2.45) is 0 Å². The Morgan fingerprint density at radius 2 is 1.90 bits per heavy atom. The molecule has 0 spiro atoms. The monoisotopic (exact) mass is 300 g/mol. The van der Waals surface area contributed by atoms with Crippen LogP contribution in [0, 0.1) is 0 Å². The highest BCUT2D eigenvalue weighted by molar-refractivity contribution is 6.30. The number of hydrogen-bond donors (Lipinski definition) is 3. The van der Waals surface area contributed by atoms with E-state index in [2.05, 4.69) is 10.9 Å². The smallest absolute Gasteiger partial charge is 0.293 e. The van der Waals surface area contributed by atoms with Crippen LogP contribution in [0.2, 0.25) is 5.02 Å². The lowest BCUT2D eigenvalue weighted by Gasteiger charge is -2.14. The maximum atomic E-state index is 11.4. The molecule has 110 valence electrons. The molecule has 20 heavy (non-hydrogen) atoms. The molecule has 1 atom stereocenters. The Balaban J connectivity index is 2.19. The Kier molecular flexibility index (Phi) is 6.83. The molecule has 0 saturated carbocycles. The fourth-order valence-electron chi connectivity index (χ4n) is 1.44. The van der Waals surface area contributed by atoms with Crippen LogP contribution in [0.15, 0.2) is 24.3 Å². The van der Waals surface area contributed by atoms with E-state index in [-0.39, 0.29) is 18.4 Å². The second-order valence-electron chi connectivity index (χ2n) is 4.42. The quantitative estimate of drug-likeness (QED) is 0.615. The zero-order valence-corrected chi connectivity index (χ0v) is 12.3. The fourth-order valence-corrected chi connectivity index (χ4v) is 1.56. The van der Waals surface area contributed by atoms with Gasteiger partial charge in [0.2, 0.25) is 5.91 Å². The highest BCUT2D eigenvalue weighted by Gasteiger charge is 2.09. The Hall–Kier alpha value is -1.79. The number of likely N-dealkylation sites (N-methyl/N-ethyl adjacent to an activating group) is 1. The third-order valence-corrected chi connectivity index (χ3v) is 2.70. The van der Waals surface area contributed by atoms with Crippen LogP contribution in [0.5, 0.6) is 5.75 Å². The fraction of sp³-hybridized carbons (Fsp3) is 0.385. The molecule has 0 bridgehead atoms. The molecule has 1 aromatic carbocycles. The molecule has 3 N–H and O–H groups in total. The lowest BCUT2D eigenvalue weighted by atomic mass is 10.3. The molecule has 1 aromatic rings. The minimum atomic E-state index is -0.304. The topological polar surface area (TPSA) is 71.9 Å². The van der Waals surface area contributed by atoms with E-state index in [0.717, 1.165) is 10.6 Å².